The lowest BCUT2D eigenvalue weighted by atomic mass is 10.7. The highest BCUT2D eigenvalue weighted by Gasteiger charge is 1.98. The molecular formula is C3H10N2O3S. The van der Waals surface area contributed by atoms with Crippen molar-refractivity contribution in [1.29, 1.82) is 0 Å². The van der Waals surface area contributed by atoms with Crippen LogP contribution in [0.5, 0.6) is 0 Å². The Labute approximate surface area is 54.3 Å². The zero-order chi connectivity index (χ0) is 7.33. The predicted octanol–water partition coefficient (Wildman–Crippen LogP) is -1.57. The molecule has 0 saturated carbocycles. The average Bonchev–Trinajstić information content (AvgIpc) is 1.63. The smallest absolute Gasteiger partial charge is 0.264 e. The van der Waals surface area contributed by atoms with Crippen LogP contribution in [0, 0.1) is 0 Å². The number of rotatable bonds is 4. The number of hydrazine groups is 1. The highest BCUT2D eigenvalue weighted by molar-refractivity contribution is 7.85. The van der Waals surface area contributed by atoms with Gasteiger partial charge in [0.1, 0.15) is 0 Å². The summed E-state index contributed by atoms with van der Waals surface area (Å²) in [5.41, 5.74) is 2.25. The SMILES string of the molecule is CS(=O)(=O)OCCNN. The van der Waals surface area contributed by atoms with Gasteiger partial charge in [0.05, 0.1) is 12.9 Å². The van der Waals surface area contributed by atoms with E-state index >= 15 is 0 Å². The van der Waals surface area contributed by atoms with Crippen molar-refractivity contribution in [3.8, 4) is 0 Å². The van der Waals surface area contributed by atoms with E-state index < -0.39 is 10.1 Å². The zero-order valence-electron chi connectivity index (χ0n) is 5.12. The van der Waals surface area contributed by atoms with Crippen LogP contribution in [-0.4, -0.2) is 27.8 Å². The molecule has 3 N–H and O–H groups in total. The zero-order valence-corrected chi connectivity index (χ0v) is 5.94. The van der Waals surface area contributed by atoms with Crippen LogP contribution >= 0.6 is 0 Å². The van der Waals surface area contributed by atoms with E-state index in [0.29, 0.717) is 6.54 Å². The molecular weight excluding hydrogens is 144 g/mol. The molecule has 6 heteroatoms. The van der Waals surface area contributed by atoms with E-state index in [4.69, 9.17) is 5.84 Å². The molecule has 9 heavy (non-hydrogen) atoms. The van der Waals surface area contributed by atoms with Crippen LogP contribution in [0.15, 0.2) is 0 Å². The Kier molecular flexibility index (Phi) is 3.71. The van der Waals surface area contributed by atoms with Crippen molar-refractivity contribution in [2.45, 2.75) is 0 Å². The van der Waals surface area contributed by atoms with Crippen molar-refractivity contribution in [3.63, 3.8) is 0 Å². The predicted molar refractivity (Wildman–Crippen MR) is 33.0 cm³/mol. The van der Waals surface area contributed by atoms with Crippen molar-refractivity contribution in [2.24, 2.45) is 5.84 Å². The summed E-state index contributed by atoms with van der Waals surface area (Å²) < 4.78 is 24.7. The molecule has 0 fully saturated rings. The summed E-state index contributed by atoms with van der Waals surface area (Å²) in [6.07, 6.45) is 0.990. The van der Waals surface area contributed by atoms with Gasteiger partial charge in [-0.25, -0.2) is 0 Å². The van der Waals surface area contributed by atoms with E-state index in [-0.39, 0.29) is 6.61 Å². The summed E-state index contributed by atoms with van der Waals surface area (Å²) >= 11 is 0. The van der Waals surface area contributed by atoms with Crippen molar-refractivity contribution in [2.75, 3.05) is 19.4 Å². The minimum atomic E-state index is -3.29. The van der Waals surface area contributed by atoms with Crippen LogP contribution in [0.2, 0.25) is 0 Å². The summed E-state index contributed by atoms with van der Waals surface area (Å²) in [7, 11) is -3.29. The Morgan fingerprint density at radius 2 is 2.22 bits per heavy atom. The van der Waals surface area contributed by atoms with Gasteiger partial charge in [0.15, 0.2) is 0 Å². The lowest BCUT2D eigenvalue weighted by molar-refractivity contribution is 0.319. The number of nitrogens with two attached hydrogens (primary N) is 1. The second-order valence-corrected chi connectivity index (χ2v) is 3.12. The van der Waals surface area contributed by atoms with Crippen LogP contribution in [-0.2, 0) is 14.3 Å². The van der Waals surface area contributed by atoms with Gasteiger partial charge in [-0.3, -0.25) is 15.5 Å². The molecule has 0 aromatic rings. The second-order valence-electron chi connectivity index (χ2n) is 1.48. The van der Waals surface area contributed by atoms with Crippen LogP contribution in [0.3, 0.4) is 0 Å². The molecule has 0 bridgehead atoms. The van der Waals surface area contributed by atoms with Gasteiger partial charge in [0.2, 0.25) is 0 Å². The number of nitrogens with one attached hydrogen (secondary N) is 1. The van der Waals surface area contributed by atoms with Crippen LogP contribution < -0.4 is 11.3 Å². The van der Waals surface area contributed by atoms with Gasteiger partial charge >= 0.3 is 0 Å². The molecule has 5 nitrogen and oxygen atoms in total. The van der Waals surface area contributed by atoms with Gasteiger partial charge in [0, 0.05) is 6.54 Å². The first kappa shape index (κ1) is 8.83. The third-order valence-electron chi connectivity index (χ3n) is 0.544. The van der Waals surface area contributed by atoms with E-state index in [2.05, 4.69) is 9.61 Å². The minimum absolute atomic E-state index is 0.0787. The number of hydrogen-bond donors (Lipinski definition) is 2. The van der Waals surface area contributed by atoms with E-state index in [1.807, 2.05) is 0 Å². The molecule has 0 spiro atoms. The second kappa shape index (κ2) is 3.78. The van der Waals surface area contributed by atoms with Crippen LogP contribution in [0.1, 0.15) is 0 Å². The largest absolute Gasteiger partial charge is 0.271 e. The quantitative estimate of drug-likeness (QED) is 0.221. The van der Waals surface area contributed by atoms with E-state index in [1.54, 1.807) is 0 Å². The molecule has 0 amide bonds. The maximum Gasteiger partial charge on any atom is 0.264 e. The molecule has 0 aromatic carbocycles. The fourth-order valence-corrected chi connectivity index (χ4v) is 0.638. The molecule has 0 aliphatic heterocycles. The molecule has 0 rings (SSSR count). The lowest BCUT2D eigenvalue weighted by Crippen LogP contribution is -2.27. The molecule has 0 heterocycles. The fourth-order valence-electron chi connectivity index (χ4n) is 0.252. The first-order valence-electron chi connectivity index (χ1n) is 2.34. The fraction of sp³-hybridized carbons (Fsp3) is 1.00. The minimum Gasteiger partial charge on any atom is -0.271 e. The Hall–Kier alpha value is -0.170. The van der Waals surface area contributed by atoms with Gasteiger partial charge in [-0.05, 0) is 0 Å². The third-order valence-corrected chi connectivity index (χ3v) is 1.14. The Bertz CT molecular complexity index is 152. The highest BCUT2D eigenvalue weighted by atomic mass is 32.2. The maximum absolute atomic E-state index is 10.2. The standard InChI is InChI=1S/C3H10N2O3S/c1-9(6,7)8-3-2-5-4/h5H,2-4H2,1H3. The van der Waals surface area contributed by atoms with Crippen molar-refractivity contribution >= 4 is 10.1 Å². The van der Waals surface area contributed by atoms with Crippen LogP contribution in [0.25, 0.3) is 0 Å². The van der Waals surface area contributed by atoms with Crippen LogP contribution in [0.4, 0.5) is 0 Å². The van der Waals surface area contributed by atoms with Gasteiger partial charge in [-0.2, -0.15) is 8.42 Å². The highest BCUT2D eigenvalue weighted by Crippen LogP contribution is 1.82. The van der Waals surface area contributed by atoms with Crippen molar-refractivity contribution in [3.05, 3.63) is 0 Å². The molecule has 0 atom stereocenters. The topological polar surface area (TPSA) is 81.4 Å². The van der Waals surface area contributed by atoms with Gasteiger partial charge < -0.3 is 0 Å². The summed E-state index contributed by atoms with van der Waals surface area (Å²) in [6, 6.07) is 0. The lowest BCUT2D eigenvalue weighted by Gasteiger charge is -1.97. The first-order chi connectivity index (χ1) is 4.06. The molecule has 0 radical (unpaired) electrons. The third kappa shape index (κ3) is 7.83. The molecule has 56 valence electrons. The van der Waals surface area contributed by atoms with Crippen molar-refractivity contribution in [1.82, 2.24) is 5.43 Å². The molecule has 0 aromatic heterocycles. The molecule has 0 aliphatic carbocycles. The normalized spacial score (nSPS) is 11.8. The Balaban J connectivity index is 3.30. The summed E-state index contributed by atoms with van der Waals surface area (Å²) in [5, 5.41) is 0. The van der Waals surface area contributed by atoms with E-state index in [9.17, 15) is 8.42 Å². The van der Waals surface area contributed by atoms with E-state index in [1.165, 1.54) is 0 Å². The molecule has 0 unspecified atom stereocenters. The monoisotopic (exact) mass is 154 g/mol. The Morgan fingerprint density at radius 1 is 1.67 bits per heavy atom. The van der Waals surface area contributed by atoms with Gasteiger partial charge in [-0.1, -0.05) is 0 Å². The van der Waals surface area contributed by atoms with Crippen molar-refractivity contribution < 1.29 is 12.6 Å². The maximum atomic E-state index is 10.2. The summed E-state index contributed by atoms with van der Waals surface area (Å²) in [5.74, 6) is 4.83. The summed E-state index contributed by atoms with van der Waals surface area (Å²) in [4.78, 5) is 0. The summed E-state index contributed by atoms with van der Waals surface area (Å²) in [6.45, 7) is 0.405. The van der Waals surface area contributed by atoms with E-state index in [0.717, 1.165) is 6.26 Å². The van der Waals surface area contributed by atoms with Gasteiger partial charge in [0.25, 0.3) is 10.1 Å². The number of hydrogen-bond acceptors (Lipinski definition) is 5. The molecule has 0 saturated heterocycles. The Morgan fingerprint density at radius 3 is 2.56 bits per heavy atom. The van der Waals surface area contributed by atoms with Gasteiger partial charge in [-0.15, -0.1) is 0 Å². The first-order valence-corrected chi connectivity index (χ1v) is 4.16. The average molecular weight is 154 g/mol. The molecule has 0 aliphatic rings.